The van der Waals surface area contributed by atoms with Crippen LogP contribution in [0.25, 0.3) is 0 Å². The van der Waals surface area contributed by atoms with Crippen molar-refractivity contribution in [3.8, 4) is 0 Å². The van der Waals surface area contributed by atoms with Crippen molar-refractivity contribution in [2.24, 2.45) is 34.0 Å². The van der Waals surface area contributed by atoms with Crippen LogP contribution in [0.5, 0.6) is 0 Å². The molecule has 3 unspecified atom stereocenters. The summed E-state index contributed by atoms with van der Waals surface area (Å²) in [5.41, 5.74) is 2.02. The van der Waals surface area contributed by atoms with Crippen LogP contribution in [0, 0.1) is 34.0 Å². The van der Waals surface area contributed by atoms with Crippen LogP contribution >= 0.6 is 0 Å². The van der Waals surface area contributed by atoms with Gasteiger partial charge in [0, 0.05) is 23.9 Å². The van der Waals surface area contributed by atoms with Crippen molar-refractivity contribution >= 4 is 0 Å². The molecule has 0 aromatic heterocycles. The molecule has 5 aliphatic carbocycles. The molecule has 7 aliphatic rings. The summed E-state index contributed by atoms with van der Waals surface area (Å²) >= 11 is 0. The molecular weight excluding hydrogens is 310 g/mol. The van der Waals surface area contributed by atoms with Gasteiger partial charge in [-0.05, 0) is 73.7 Å². The molecule has 0 radical (unpaired) electrons. The molecule has 2 aliphatic heterocycles. The lowest BCUT2D eigenvalue weighted by Gasteiger charge is -2.73. The van der Waals surface area contributed by atoms with Crippen LogP contribution in [0.4, 0.5) is 0 Å². The molecule has 2 saturated heterocycles. The van der Waals surface area contributed by atoms with E-state index in [0.29, 0.717) is 28.9 Å². The summed E-state index contributed by atoms with van der Waals surface area (Å²) in [6.45, 7) is 10.2. The Labute approximate surface area is 151 Å². The molecule has 0 aromatic carbocycles. The standard InChI is InChI=1S/C22H33NO2/c1-14-15-4-8-21(18(14)24)9-5-16-20(2)6-3-7-22(16,17(21)12-15)19-23(13-20)10-11-25-19/h15-19,24H,1,3-13H2,2H3/t15?,16-,17-,18-,19?,20+,21?,22+/m1/s1. The first-order valence-electron chi connectivity index (χ1n) is 10.7. The normalized spacial score (nSPS) is 60.1. The first-order valence-corrected chi connectivity index (χ1v) is 10.7. The van der Waals surface area contributed by atoms with Crippen LogP contribution in [0.1, 0.15) is 58.3 Å². The minimum absolute atomic E-state index is 0.107. The average molecular weight is 344 g/mol. The quantitative estimate of drug-likeness (QED) is 0.683. The Kier molecular flexibility index (Phi) is 2.95. The lowest BCUT2D eigenvalue weighted by atomic mass is 9.34. The van der Waals surface area contributed by atoms with E-state index < -0.39 is 0 Å². The molecule has 1 spiro atoms. The minimum Gasteiger partial charge on any atom is -0.388 e. The average Bonchev–Trinajstić information content (AvgIpc) is 3.06. The zero-order chi connectivity index (χ0) is 17.0. The van der Waals surface area contributed by atoms with Gasteiger partial charge in [-0.25, -0.2) is 0 Å². The van der Waals surface area contributed by atoms with E-state index >= 15 is 0 Å². The Hall–Kier alpha value is -0.380. The molecule has 1 N–H and O–H groups in total. The Morgan fingerprint density at radius 1 is 1.16 bits per heavy atom. The first-order chi connectivity index (χ1) is 12.0. The fraction of sp³-hybridized carbons (Fsp3) is 0.909. The second kappa shape index (κ2) is 4.72. The molecule has 25 heavy (non-hydrogen) atoms. The Morgan fingerprint density at radius 3 is 2.88 bits per heavy atom. The highest BCUT2D eigenvalue weighted by atomic mass is 16.5. The van der Waals surface area contributed by atoms with E-state index in [4.69, 9.17) is 4.74 Å². The van der Waals surface area contributed by atoms with Crippen molar-refractivity contribution in [2.45, 2.75) is 70.6 Å². The number of aliphatic hydroxyl groups is 1. The number of hydrogen-bond acceptors (Lipinski definition) is 3. The number of hydrogen-bond donors (Lipinski definition) is 1. The van der Waals surface area contributed by atoms with Gasteiger partial charge in [-0.1, -0.05) is 19.9 Å². The number of piperidine rings is 1. The van der Waals surface area contributed by atoms with Gasteiger partial charge in [0.05, 0.1) is 12.7 Å². The van der Waals surface area contributed by atoms with Crippen molar-refractivity contribution in [3.63, 3.8) is 0 Å². The van der Waals surface area contributed by atoms with Crippen LogP contribution < -0.4 is 0 Å². The van der Waals surface area contributed by atoms with Gasteiger partial charge in [-0.3, -0.25) is 4.90 Å². The zero-order valence-electron chi connectivity index (χ0n) is 15.7. The van der Waals surface area contributed by atoms with Gasteiger partial charge in [-0.15, -0.1) is 0 Å². The maximum absolute atomic E-state index is 11.3. The summed E-state index contributed by atoms with van der Waals surface area (Å²) in [6, 6.07) is 0. The summed E-state index contributed by atoms with van der Waals surface area (Å²) in [6.07, 6.45) is 10.4. The lowest BCUT2D eigenvalue weighted by molar-refractivity contribution is -0.290. The van der Waals surface area contributed by atoms with E-state index in [9.17, 15) is 5.11 Å². The third-order valence-corrected chi connectivity index (χ3v) is 10.00. The van der Waals surface area contributed by atoms with Crippen molar-refractivity contribution < 1.29 is 9.84 Å². The molecule has 138 valence electrons. The van der Waals surface area contributed by atoms with Crippen molar-refractivity contribution in [2.75, 3.05) is 19.7 Å². The monoisotopic (exact) mass is 343 g/mol. The molecule has 0 aromatic rings. The lowest BCUT2D eigenvalue weighted by Crippen LogP contribution is -2.73. The second-order valence-corrected chi connectivity index (χ2v) is 10.6. The Balaban J connectivity index is 1.53. The highest BCUT2D eigenvalue weighted by Gasteiger charge is 2.73. The molecule has 0 amide bonds. The number of nitrogens with zero attached hydrogens (tertiary/aromatic N) is 1. The van der Waals surface area contributed by atoms with Gasteiger partial charge in [0.1, 0.15) is 6.23 Å². The van der Waals surface area contributed by atoms with Gasteiger partial charge < -0.3 is 9.84 Å². The van der Waals surface area contributed by atoms with Gasteiger partial charge in [0.2, 0.25) is 0 Å². The molecule has 7 rings (SSSR count). The molecule has 3 nitrogen and oxygen atoms in total. The van der Waals surface area contributed by atoms with Crippen LogP contribution in [0.2, 0.25) is 0 Å². The van der Waals surface area contributed by atoms with Crippen LogP contribution in [-0.2, 0) is 4.74 Å². The van der Waals surface area contributed by atoms with Crippen LogP contribution in [-0.4, -0.2) is 42.0 Å². The number of aliphatic hydroxyl groups excluding tert-OH is 1. The minimum atomic E-state index is -0.259. The number of rotatable bonds is 0. The van der Waals surface area contributed by atoms with Gasteiger partial charge in [0.15, 0.2) is 0 Å². The number of ether oxygens (including phenoxy) is 1. The van der Waals surface area contributed by atoms with E-state index in [0.717, 1.165) is 24.6 Å². The predicted molar refractivity (Wildman–Crippen MR) is 96.8 cm³/mol. The highest BCUT2D eigenvalue weighted by Crippen LogP contribution is 2.75. The molecule has 4 bridgehead atoms. The third kappa shape index (κ3) is 1.62. The maximum atomic E-state index is 11.3. The highest BCUT2D eigenvalue weighted by molar-refractivity contribution is 5.28. The van der Waals surface area contributed by atoms with E-state index in [2.05, 4.69) is 18.4 Å². The summed E-state index contributed by atoms with van der Waals surface area (Å²) in [5, 5.41) is 11.3. The second-order valence-electron chi connectivity index (χ2n) is 10.6. The molecule has 3 heteroatoms. The van der Waals surface area contributed by atoms with Crippen molar-refractivity contribution in [1.29, 1.82) is 0 Å². The summed E-state index contributed by atoms with van der Waals surface area (Å²) in [4.78, 5) is 2.69. The van der Waals surface area contributed by atoms with E-state index in [1.54, 1.807) is 0 Å². The summed E-state index contributed by atoms with van der Waals surface area (Å²) in [5.74, 6) is 1.99. The van der Waals surface area contributed by atoms with E-state index in [1.807, 2.05) is 0 Å². The molecule has 8 atom stereocenters. The number of fused-ring (bicyclic) bond motifs is 3. The van der Waals surface area contributed by atoms with Gasteiger partial charge >= 0.3 is 0 Å². The third-order valence-electron chi connectivity index (χ3n) is 10.00. The maximum Gasteiger partial charge on any atom is 0.117 e. The molecule has 7 fully saturated rings. The molecule has 5 saturated carbocycles. The Bertz CT molecular complexity index is 634. The van der Waals surface area contributed by atoms with Crippen molar-refractivity contribution in [3.05, 3.63) is 12.2 Å². The SMILES string of the molecule is C=C1C2CCC3(CC[C@@H]4[C@@]5(C)CCC[C@@]4(C4OCCN4C5)[C@@H]3C2)[C@@H]1O. The van der Waals surface area contributed by atoms with Gasteiger partial charge in [-0.2, -0.15) is 0 Å². The summed E-state index contributed by atoms with van der Waals surface area (Å²) < 4.78 is 6.49. The largest absolute Gasteiger partial charge is 0.388 e. The summed E-state index contributed by atoms with van der Waals surface area (Å²) in [7, 11) is 0. The molecule has 2 heterocycles. The first kappa shape index (κ1) is 15.7. The van der Waals surface area contributed by atoms with Crippen LogP contribution in [0.15, 0.2) is 12.2 Å². The van der Waals surface area contributed by atoms with Crippen LogP contribution in [0.3, 0.4) is 0 Å². The fourth-order valence-electron chi connectivity index (χ4n) is 9.23. The fourth-order valence-corrected chi connectivity index (χ4v) is 9.23. The van der Waals surface area contributed by atoms with E-state index in [-0.39, 0.29) is 11.5 Å². The zero-order valence-corrected chi connectivity index (χ0v) is 15.7. The molecular formula is C22H33NO2. The smallest absolute Gasteiger partial charge is 0.117 e. The predicted octanol–water partition coefficient (Wildman–Crippen LogP) is 3.58. The Morgan fingerprint density at radius 2 is 2.00 bits per heavy atom. The van der Waals surface area contributed by atoms with E-state index in [1.165, 1.54) is 57.9 Å². The topological polar surface area (TPSA) is 32.7 Å². The van der Waals surface area contributed by atoms with Crippen molar-refractivity contribution in [1.82, 2.24) is 4.90 Å². The van der Waals surface area contributed by atoms with Gasteiger partial charge in [0.25, 0.3) is 0 Å².